The number of benzene rings is 2. The molecule has 0 aromatic heterocycles. The summed E-state index contributed by atoms with van der Waals surface area (Å²) in [5, 5.41) is 3.27. The standard InChI is InChI=1S/C18H21ClN2O3S/c1-12-10-13(2)18(14(3)11-12)25(23,24)20-9-8-17(22)21-16-6-4-15(19)5-7-16/h4-7,10-11,20H,8-9H2,1-3H3,(H,21,22). The van der Waals surface area contributed by atoms with Crippen molar-refractivity contribution in [2.24, 2.45) is 0 Å². The fourth-order valence-corrected chi connectivity index (χ4v) is 4.33. The smallest absolute Gasteiger partial charge is 0.241 e. The molecule has 2 N–H and O–H groups in total. The number of nitrogens with one attached hydrogen (secondary N) is 2. The number of rotatable bonds is 6. The third-order valence-corrected chi connectivity index (χ3v) is 5.66. The van der Waals surface area contributed by atoms with E-state index in [1.54, 1.807) is 38.1 Å². The highest BCUT2D eigenvalue weighted by Crippen LogP contribution is 2.21. The van der Waals surface area contributed by atoms with E-state index in [1.165, 1.54) is 0 Å². The molecule has 1 amide bonds. The van der Waals surface area contributed by atoms with Crippen LogP contribution in [0.15, 0.2) is 41.3 Å². The first-order valence-electron chi connectivity index (χ1n) is 7.82. The second-order valence-electron chi connectivity index (χ2n) is 5.93. The van der Waals surface area contributed by atoms with Gasteiger partial charge in [-0.15, -0.1) is 0 Å². The molecular formula is C18H21ClN2O3S. The van der Waals surface area contributed by atoms with Gasteiger partial charge in [-0.3, -0.25) is 4.79 Å². The molecule has 0 radical (unpaired) electrons. The predicted octanol–water partition coefficient (Wildman–Crippen LogP) is 3.57. The molecule has 2 rings (SSSR count). The van der Waals surface area contributed by atoms with Gasteiger partial charge in [-0.2, -0.15) is 0 Å². The first-order chi connectivity index (χ1) is 11.7. The Morgan fingerprint density at radius 1 is 1.04 bits per heavy atom. The highest BCUT2D eigenvalue weighted by atomic mass is 35.5. The summed E-state index contributed by atoms with van der Waals surface area (Å²) in [7, 11) is -3.66. The van der Waals surface area contributed by atoms with Crippen molar-refractivity contribution in [3.63, 3.8) is 0 Å². The number of hydrogen-bond acceptors (Lipinski definition) is 3. The molecule has 25 heavy (non-hydrogen) atoms. The average molecular weight is 381 g/mol. The SMILES string of the molecule is Cc1cc(C)c(S(=O)(=O)NCCC(=O)Nc2ccc(Cl)cc2)c(C)c1. The number of anilines is 1. The second kappa shape index (κ2) is 7.99. The van der Waals surface area contributed by atoms with Crippen molar-refractivity contribution in [1.29, 1.82) is 0 Å². The highest BCUT2D eigenvalue weighted by Gasteiger charge is 2.19. The molecule has 0 unspecified atom stereocenters. The van der Waals surface area contributed by atoms with Gasteiger partial charge in [0.05, 0.1) is 4.90 Å². The number of carbonyl (C=O) groups is 1. The fraction of sp³-hybridized carbons (Fsp3) is 0.278. The summed E-state index contributed by atoms with van der Waals surface area (Å²) in [5.74, 6) is -0.276. The summed E-state index contributed by atoms with van der Waals surface area (Å²) in [6.07, 6.45) is 0.0335. The average Bonchev–Trinajstić information content (AvgIpc) is 2.48. The minimum absolute atomic E-state index is 0.0223. The van der Waals surface area contributed by atoms with E-state index < -0.39 is 10.0 Å². The summed E-state index contributed by atoms with van der Waals surface area (Å²) in [6.45, 7) is 5.48. The van der Waals surface area contributed by atoms with Crippen molar-refractivity contribution in [3.05, 3.63) is 58.1 Å². The lowest BCUT2D eigenvalue weighted by molar-refractivity contribution is -0.116. The Hall–Kier alpha value is -1.89. The Balaban J connectivity index is 1.96. The Morgan fingerprint density at radius 2 is 1.60 bits per heavy atom. The molecule has 2 aromatic rings. The van der Waals surface area contributed by atoms with Gasteiger partial charge in [0.1, 0.15) is 0 Å². The third-order valence-electron chi connectivity index (χ3n) is 3.65. The summed E-state index contributed by atoms with van der Waals surface area (Å²) < 4.78 is 27.5. The van der Waals surface area contributed by atoms with Crippen molar-refractivity contribution in [1.82, 2.24) is 4.72 Å². The van der Waals surface area contributed by atoms with Crippen LogP contribution in [-0.2, 0) is 14.8 Å². The van der Waals surface area contributed by atoms with Crippen molar-refractivity contribution in [2.45, 2.75) is 32.1 Å². The second-order valence-corrected chi connectivity index (χ2v) is 8.07. The molecule has 2 aromatic carbocycles. The topological polar surface area (TPSA) is 75.3 Å². The molecule has 0 spiro atoms. The van der Waals surface area contributed by atoms with Gasteiger partial charge in [0.25, 0.3) is 0 Å². The molecule has 0 aliphatic carbocycles. The summed E-state index contributed by atoms with van der Waals surface area (Å²) in [4.78, 5) is 12.2. The predicted molar refractivity (Wildman–Crippen MR) is 101 cm³/mol. The van der Waals surface area contributed by atoms with E-state index in [0.717, 1.165) is 5.56 Å². The van der Waals surface area contributed by atoms with Gasteiger partial charge < -0.3 is 5.32 Å². The van der Waals surface area contributed by atoms with E-state index in [0.29, 0.717) is 21.8 Å². The zero-order valence-corrected chi connectivity index (χ0v) is 16.0. The minimum atomic E-state index is -3.66. The van der Waals surface area contributed by atoms with Gasteiger partial charge in [0.2, 0.25) is 15.9 Å². The lowest BCUT2D eigenvalue weighted by Gasteiger charge is -2.13. The first-order valence-corrected chi connectivity index (χ1v) is 9.68. The molecule has 0 fully saturated rings. The quantitative estimate of drug-likeness (QED) is 0.804. The molecule has 0 bridgehead atoms. The minimum Gasteiger partial charge on any atom is -0.326 e. The molecule has 0 aliphatic heterocycles. The maximum absolute atomic E-state index is 12.5. The van der Waals surface area contributed by atoms with E-state index in [4.69, 9.17) is 11.6 Å². The van der Waals surface area contributed by atoms with Crippen LogP contribution in [0.2, 0.25) is 5.02 Å². The molecule has 0 saturated heterocycles. The molecule has 7 heteroatoms. The zero-order valence-electron chi connectivity index (χ0n) is 14.4. The van der Waals surface area contributed by atoms with E-state index >= 15 is 0 Å². The summed E-state index contributed by atoms with van der Waals surface area (Å²) >= 11 is 5.79. The van der Waals surface area contributed by atoms with E-state index in [2.05, 4.69) is 10.0 Å². The third kappa shape index (κ3) is 5.29. The number of amides is 1. The number of hydrogen-bond donors (Lipinski definition) is 2. The molecule has 134 valence electrons. The Morgan fingerprint density at radius 3 is 2.16 bits per heavy atom. The first kappa shape index (κ1) is 19.4. The van der Waals surface area contributed by atoms with Gasteiger partial charge in [-0.25, -0.2) is 13.1 Å². The van der Waals surface area contributed by atoms with Gasteiger partial charge in [-0.1, -0.05) is 29.3 Å². The van der Waals surface area contributed by atoms with Crippen LogP contribution in [0.25, 0.3) is 0 Å². The maximum Gasteiger partial charge on any atom is 0.241 e. The van der Waals surface area contributed by atoms with Crippen molar-refractivity contribution >= 4 is 33.2 Å². The van der Waals surface area contributed by atoms with Crippen molar-refractivity contribution < 1.29 is 13.2 Å². The van der Waals surface area contributed by atoms with Crippen LogP contribution in [0.4, 0.5) is 5.69 Å². The van der Waals surface area contributed by atoms with E-state index in [9.17, 15) is 13.2 Å². The lowest BCUT2D eigenvalue weighted by Crippen LogP contribution is -2.29. The van der Waals surface area contributed by atoms with Crippen LogP contribution in [-0.4, -0.2) is 20.9 Å². The number of sulfonamides is 1. The molecule has 0 saturated carbocycles. The van der Waals surface area contributed by atoms with Crippen LogP contribution in [0.1, 0.15) is 23.1 Å². The van der Waals surface area contributed by atoms with Crippen LogP contribution < -0.4 is 10.0 Å². The van der Waals surface area contributed by atoms with E-state index in [1.807, 2.05) is 19.1 Å². The van der Waals surface area contributed by atoms with Gasteiger partial charge in [-0.05, 0) is 56.2 Å². The summed E-state index contributed by atoms with van der Waals surface area (Å²) in [5.41, 5.74) is 3.00. The molecular weight excluding hydrogens is 360 g/mol. The number of halogens is 1. The molecule has 0 aliphatic rings. The largest absolute Gasteiger partial charge is 0.326 e. The van der Waals surface area contributed by atoms with Crippen LogP contribution in [0.5, 0.6) is 0 Å². The zero-order chi connectivity index (χ0) is 18.6. The fourth-order valence-electron chi connectivity index (χ4n) is 2.72. The van der Waals surface area contributed by atoms with Crippen LogP contribution in [0.3, 0.4) is 0 Å². The molecule has 0 heterocycles. The van der Waals surface area contributed by atoms with Gasteiger partial charge >= 0.3 is 0 Å². The molecule has 5 nitrogen and oxygen atoms in total. The van der Waals surface area contributed by atoms with E-state index in [-0.39, 0.29) is 23.8 Å². The monoisotopic (exact) mass is 380 g/mol. The van der Waals surface area contributed by atoms with Crippen molar-refractivity contribution in [2.75, 3.05) is 11.9 Å². The molecule has 0 atom stereocenters. The maximum atomic E-state index is 12.5. The van der Waals surface area contributed by atoms with Crippen molar-refractivity contribution in [3.8, 4) is 0 Å². The lowest BCUT2D eigenvalue weighted by atomic mass is 10.1. The summed E-state index contributed by atoms with van der Waals surface area (Å²) in [6, 6.07) is 10.4. The Bertz CT molecular complexity index is 855. The normalized spacial score (nSPS) is 11.4. The van der Waals surface area contributed by atoms with Gasteiger partial charge in [0, 0.05) is 23.7 Å². The van der Waals surface area contributed by atoms with Gasteiger partial charge in [0.15, 0.2) is 0 Å². The number of aryl methyl sites for hydroxylation is 3. The van der Waals surface area contributed by atoms with Crippen LogP contribution >= 0.6 is 11.6 Å². The Kier molecular flexibility index (Phi) is 6.21. The highest BCUT2D eigenvalue weighted by molar-refractivity contribution is 7.89. The Labute approximate surface area is 153 Å². The number of carbonyl (C=O) groups excluding carboxylic acids is 1. The van der Waals surface area contributed by atoms with Crippen LogP contribution in [0, 0.1) is 20.8 Å².